The molecule has 5 nitrogen and oxygen atoms in total. The number of nitrogens with zero attached hydrogens (tertiary/aromatic N) is 1. The van der Waals surface area contributed by atoms with Crippen LogP contribution in [0.4, 0.5) is 0 Å². The van der Waals surface area contributed by atoms with Crippen molar-refractivity contribution >= 4 is 21.8 Å². The number of rotatable bonds is 2. The van der Waals surface area contributed by atoms with Crippen LogP contribution in [0.1, 0.15) is 39.7 Å². The quantitative estimate of drug-likeness (QED) is 0.692. The lowest BCUT2D eigenvalue weighted by molar-refractivity contribution is 0.100. The van der Waals surface area contributed by atoms with Crippen molar-refractivity contribution in [2.45, 2.75) is 18.3 Å². The van der Waals surface area contributed by atoms with E-state index in [4.69, 9.17) is 0 Å². The van der Waals surface area contributed by atoms with E-state index in [2.05, 4.69) is 33.5 Å². The molecule has 0 spiro atoms. The average molecular weight is 387 g/mol. The van der Waals surface area contributed by atoms with E-state index in [1.807, 2.05) is 0 Å². The third kappa shape index (κ3) is 1.77. The Kier molecular flexibility index (Phi) is 2.75. The standard InChI is InChI=1S/C18H15BrN2O3/c19-9-3-1-8(2-4-9)16(22)20-21-17(23)14-10-5-6-11(13-7-12(10)13)15(14)18(21)24/h1-6,10-13,23-24H,7H2,(H,20,22). The summed E-state index contributed by atoms with van der Waals surface area (Å²) in [6, 6.07) is 6.90. The highest BCUT2D eigenvalue weighted by Gasteiger charge is 2.57. The highest BCUT2D eigenvalue weighted by atomic mass is 79.9. The number of nitrogens with one attached hydrogen (secondary N) is 1. The van der Waals surface area contributed by atoms with Crippen molar-refractivity contribution in [1.29, 1.82) is 0 Å². The van der Waals surface area contributed by atoms with Crippen LogP contribution in [-0.2, 0) is 0 Å². The van der Waals surface area contributed by atoms with Gasteiger partial charge in [0.05, 0.1) is 0 Å². The number of carbonyl (C=O) groups is 1. The van der Waals surface area contributed by atoms with E-state index in [1.165, 1.54) is 0 Å². The van der Waals surface area contributed by atoms with Crippen LogP contribution >= 0.6 is 15.9 Å². The Morgan fingerprint density at radius 1 is 1.04 bits per heavy atom. The van der Waals surface area contributed by atoms with Crippen LogP contribution in [0.5, 0.6) is 11.8 Å². The summed E-state index contributed by atoms with van der Waals surface area (Å²) in [6.07, 6.45) is 5.39. The zero-order valence-electron chi connectivity index (χ0n) is 12.6. The topological polar surface area (TPSA) is 74.5 Å². The maximum absolute atomic E-state index is 12.4. The predicted molar refractivity (Wildman–Crippen MR) is 91.8 cm³/mol. The molecule has 1 heterocycles. The van der Waals surface area contributed by atoms with Crippen LogP contribution in [0.15, 0.2) is 40.9 Å². The number of aromatic hydroxyl groups is 2. The normalized spacial score (nSPS) is 28.4. The van der Waals surface area contributed by atoms with Gasteiger partial charge < -0.3 is 10.2 Å². The van der Waals surface area contributed by atoms with Crippen molar-refractivity contribution in [3.05, 3.63) is 57.6 Å². The smallest absolute Gasteiger partial charge is 0.270 e. The molecule has 1 aromatic carbocycles. The average Bonchev–Trinajstić information content (AvgIpc) is 3.36. The lowest BCUT2D eigenvalue weighted by Gasteiger charge is -2.29. The van der Waals surface area contributed by atoms with E-state index >= 15 is 0 Å². The number of hydrogen-bond donors (Lipinski definition) is 3. The summed E-state index contributed by atoms with van der Waals surface area (Å²) in [6.45, 7) is 0. The lowest BCUT2D eigenvalue weighted by atomic mass is 9.73. The van der Waals surface area contributed by atoms with Gasteiger partial charge in [0.25, 0.3) is 5.91 Å². The molecule has 0 saturated heterocycles. The molecule has 3 N–H and O–H groups in total. The number of amides is 1. The summed E-state index contributed by atoms with van der Waals surface area (Å²) in [7, 11) is 0. The summed E-state index contributed by atoms with van der Waals surface area (Å²) in [5.41, 5.74) is 4.60. The molecule has 6 heteroatoms. The largest absolute Gasteiger partial charge is 0.493 e. The number of hydrogen-bond acceptors (Lipinski definition) is 3. The summed E-state index contributed by atoms with van der Waals surface area (Å²) in [5, 5.41) is 21.2. The second kappa shape index (κ2) is 4.66. The van der Waals surface area contributed by atoms with Gasteiger partial charge in [-0.2, -0.15) is 4.68 Å². The zero-order valence-corrected chi connectivity index (χ0v) is 14.2. The maximum Gasteiger partial charge on any atom is 0.270 e. The molecule has 4 aliphatic rings. The van der Waals surface area contributed by atoms with Crippen LogP contribution in [0, 0.1) is 11.8 Å². The van der Waals surface area contributed by atoms with E-state index in [1.54, 1.807) is 24.3 Å². The predicted octanol–water partition coefficient (Wildman–Crippen LogP) is 3.43. The Balaban J connectivity index is 1.52. The fraction of sp³-hybridized carbons (Fsp3) is 0.278. The van der Waals surface area contributed by atoms with Crippen molar-refractivity contribution in [2.75, 3.05) is 5.43 Å². The van der Waals surface area contributed by atoms with Gasteiger partial charge in [0.1, 0.15) is 0 Å². The minimum atomic E-state index is -0.383. The van der Waals surface area contributed by atoms with Crippen LogP contribution in [0.3, 0.4) is 0 Å². The summed E-state index contributed by atoms with van der Waals surface area (Å²) < 4.78 is 2.00. The van der Waals surface area contributed by atoms with Gasteiger partial charge in [-0.25, -0.2) is 0 Å². The molecule has 2 bridgehead atoms. The van der Waals surface area contributed by atoms with Crippen molar-refractivity contribution in [3.63, 3.8) is 0 Å². The van der Waals surface area contributed by atoms with Gasteiger partial charge in [0.2, 0.25) is 11.8 Å². The Labute approximate surface area is 146 Å². The Morgan fingerprint density at radius 3 is 2.12 bits per heavy atom. The molecule has 24 heavy (non-hydrogen) atoms. The second-order valence-corrected chi connectivity index (χ2v) is 7.67. The number of carbonyl (C=O) groups excluding carboxylic acids is 1. The van der Waals surface area contributed by atoms with E-state index < -0.39 is 0 Å². The zero-order chi connectivity index (χ0) is 16.6. The molecule has 2 aromatic rings. The van der Waals surface area contributed by atoms with Crippen LogP contribution < -0.4 is 5.43 Å². The van der Waals surface area contributed by atoms with E-state index in [9.17, 15) is 15.0 Å². The number of aromatic nitrogens is 1. The molecular weight excluding hydrogens is 372 g/mol. The molecule has 0 radical (unpaired) electrons. The minimum Gasteiger partial charge on any atom is -0.493 e. The van der Waals surface area contributed by atoms with Gasteiger partial charge in [-0.3, -0.25) is 10.2 Å². The molecule has 1 amide bonds. The van der Waals surface area contributed by atoms with Gasteiger partial charge in [0, 0.05) is 33.0 Å². The van der Waals surface area contributed by atoms with Crippen molar-refractivity contribution in [3.8, 4) is 11.8 Å². The maximum atomic E-state index is 12.4. The van der Waals surface area contributed by atoms with Crippen molar-refractivity contribution in [1.82, 2.24) is 4.68 Å². The molecule has 1 aromatic heterocycles. The van der Waals surface area contributed by atoms with Gasteiger partial charge in [-0.15, -0.1) is 0 Å². The first-order valence-corrected chi connectivity index (χ1v) is 8.77. The van der Waals surface area contributed by atoms with Crippen LogP contribution in [0.25, 0.3) is 0 Å². The molecule has 4 unspecified atom stereocenters. The number of halogens is 1. The molecule has 0 aliphatic heterocycles. The van der Waals surface area contributed by atoms with E-state index in [0.717, 1.165) is 26.7 Å². The van der Waals surface area contributed by atoms with Gasteiger partial charge in [-0.05, 0) is 42.5 Å². The SMILES string of the molecule is O=C(Nn1c(O)c2c(c1O)C1C=CC2C2CC12)c1ccc(Br)cc1. The summed E-state index contributed by atoms with van der Waals surface area (Å²) in [5.74, 6) is 0.923. The summed E-state index contributed by atoms with van der Waals surface area (Å²) >= 11 is 3.33. The minimum absolute atomic E-state index is 0.0577. The number of allylic oxidation sites excluding steroid dienone is 2. The van der Waals surface area contributed by atoms with E-state index in [-0.39, 0.29) is 29.5 Å². The third-order valence-electron chi connectivity index (χ3n) is 5.52. The van der Waals surface area contributed by atoms with E-state index in [0.29, 0.717) is 17.4 Å². The van der Waals surface area contributed by atoms with Crippen molar-refractivity contribution in [2.24, 2.45) is 11.8 Å². The highest BCUT2D eigenvalue weighted by molar-refractivity contribution is 9.10. The highest BCUT2D eigenvalue weighted by Crippen LogP contribution is 2.67. The molecular formula is C18H15BrN2O3. The summed E-state index contributed by atoms with van der Waals surface area (Å²) in [4.78, 5) is 12.4. The monoisotopic (exact) mass is 386 g/mol. The Hall–Kier alpha value is -2.21. The lowest BCUT2D eigenvalue weighted by Crippen LogP contribution is -2.22. The first kappa shape index (κ1) is 14.2. The van der Waals surface area contributed by atoms with Gasteiger partial charge >= 0.3 is 0 Å². The van der Waals surface area contributed by atoms with Crippen LogP contribution in [0.2, 0.25) is 0 Å². The van der Waals surface area contributed by atoms with Crippen molar-refractivity contribution < 1.29 is 15.0 Å². The fourth-order valence-electron chi connectivity index (χ4n) is 4.32. The van der Waals surface area contributed by atoms with Gasteiger partial charge in [-0.1, -0.05) is 28.1 Å². The molecule has 4 aliphatic carbocycles. The Morgan fingerprint density at radius 2 is 1.58 bits per heavy atom. The first-order chi connectivity index (χ1) is 11.6. The third-order valence-corrected chi connectivity index (χ3v) is 6.05. The Bertz CT molecular complexity index is 858. The molecule has 1 saturated carbocycles. The van der Waals surface area contributed by atoms with Gasteiger partial charge in [0.15, 0.2) is 0 Å². The molecule has 6 rings (SSSR count). The molecule has 4 atom stereocenters. The first-order valence-electron chi connectivity index (χ1n) is 7.98. The number of benzene rings is 1. The fourth-order valence-corrected chi connectivity index (χ4v) is 4.58. The second-order valence-electron chi connectivity index (χ2n) is 6.76. The molecule has 122 valence electrons. The molecule has 1 fully saturated rings. The van der Waals surface area contributed by atoms with Crippen LogP contribution in [-0.4, -0.2) is 20.8 Å².